The minimum absolute atomic E-state index is 0.507. The molecule has 3 N–H and O–H groups in total. The Bertz CT molecular complexity index is 322. The van der Waals surface area contributed by atoms with Crippen LogP contribution in [0.15, 0.2) is 12.4 Å². The molecular formula is C7H10F3N3O. The lowest BCUT2D eigenvalue weighted by atomic mass is 10.0. The molecule has 1 atom stereocenters. The summed E-state index contributed by atoms with van der Waals surface area (Å²) in [7, 11) is 1.36. The second-order valence-electron chi connectivity index (χ2n) is 2.92. The van der Waals surface area contributed by atoms with Crippen LogP contribution < -0.4 is 5.73 Å². The predicted octanol–water partition coefficient (Wildman–Crippen LogP) is 0.129. The molecule has 7 heteroatoms. The van der Waals surface area contributed by atoms with E-state index in [1.165, 1.54) is 19.4 Å². The quantitative estimate of drug-likeness (QED) is 0.727. The Kier molecular flexibility index (Phi) is 2.55. The van der Waals surface area contributed by atoms with E-state index in [1.807, 2.05) is 0 Å². The van der Waals surface area contributed by atoms with Crippen LogP contribution in [0.25, 0.3) is 0 Å². The average Bonchev–Trinajstić information content (AvgIpc) is 2.48. The summed E-state index contributed by atoms with van der Waals surface area (Å²) in [5, 5.41) is 9.36. The summed E-state index contributed by atoms with van der Waals surface area (Å²) < 4.78 is 38.5. The number of hydrogen-bond acceptors (Lipinski definition) is 3. The molecule has 0 fully saturated rings. The van der Waals surface area contributed by atoms with E-state index in [0.717, 1.165) is 4.57 Å². The van der Waals surface area contributed by atoms with Gasteiger partial charge in [-0.25, -0.2) is 4.98 Å². The van der Waals surface area contributed by atoms with Gasteiger partial charge >= 0.3 is 6.18 Å². The van der Waals surface area contributed by atoms with Crippen molar-refractivity contribution in [1.29, 1.82) is 0 Å². The van der Waals surface area contributed by atoms with E-state index < -0.39 is 24.1 Å². The van der Waals surface area contributed by atoms with Gasteiger partial charge in [0.2, 0.25) is 5.60 Å². The number of aliphatic hydroxyl groups is 1. The summed E-state index contributed by atoms with van der Waals surface area (Å²) in [5.41, 5.74) is 1.85. The van der Waals surface area contributed by atoms with Gasteiger partial charge in [-0.05, 0) is 0 Å². The van der Waals surface area contributed by atoms with E-state index in [0.29, 0.717) is 0 Å². The first-order chi connectivity index (χ1) is 6.33. The molecule has 0 aliphatic heterocycles. The fraction of sp³-hybridized carbons (Fsp3) is 0.571. The second kappa shape index (κ2) is 3.25. The zero-order valence-corrected chi connectivity index (χ0v) is 7.41. The van der Waals surface area contributed by atoms with Crippen molar-refractivity contribution in [2.75, 3.05) is 6.54 Å². The Hall–Kier alpha value is -1.08. The Morgan fingerprint density at radius 1 is 1.57 bits per heavy atom. The van der Waals surface area contributed by atoms with E-state index in [1.54, 1.807) is 0 Å². The Balaban J connectivity index is 3.22. The molecule has 4 nitrogen and oxygen atoms in total. The first kappa shape index (κ1) is 11.0. The zero-order chi connectivity index (χ0) is 11.0. The first-order valence-corrected chi connectivity index (χ1v) is 3.80. The minimum Gasteiger partial charge on any atom is -0.373 e. The van der Waals surface area contributed by atoms with E-state index in [2.05, 4.69) is 4.98 Å². The second-order valence-corrected chi connectivity index (χ2v) is 2.92. The van der Waals surface area contributed by atoms with E-state index in [9.17, 15) is 18.3 Å². The normalized spacial score (nSPS) is 16.7. The van der Waals surface area contributed by atoms with Crippen LogP contribution in [0.3, 0.4) is 0 Å². The number of aromatic nitrogens is 2. The molecule has 1 aromatic rings. The standard InChI is InChI=1S/C7H10F3N3O/c1-13-3-2-12-5(13)6(14,4-11)7(8,9)10/h2-3,14H,4,11H2,1H3/t6-/m1/s1. The maximum atomic E-state index is 12.5. The predicted molar refractivity (Wildman–Crippen MR) is 42.2 cm³/mol. The Morgan fingerprint density at radius 3 is 2.43 bits per heavy atom. The topological polar surface area (TPSA) is 64.1 Å². The number of alkyl halides is 3. The van der Waals surface area contributed by atoms with Gasteiger partial charge in [0.05, 0.1) is 0 Å². The van der Waals surface area contributed by atoms with Gasteiger partial charge in [-0.3, -0.25) is 0 Å². The summed E-state index contributed by atoms with van der Waals surface area (Å²) in [4.78, 5) is 3.44. The SMILES string of the molecule is Cn1ccnc1[C@](O)(CN)C(F)(F)F. The largest absolute Gasteiger partial charge is 0.425 e. The van der Waals surface area contributed by atoms with Crippen molar-refractivity contribution < 1.29 is 18.3 Å². The maximum absolute atomic E-state index is 12.5. The van der Waals surface area contributed by atoms with Gasteiger partial charge in [0.1, 0.15) is 0 Å². The minimum atomic E-state index is -4.83. The van der Waals surface area contributed by atoms with Gasteiger partial charge < -0.3 is 15.4 Å². The lowest BCUT2D eigenvalue weighted by molar-refractivity contribution is -0.265. The number of hydrogen-bond donors (Lipinski definition) is 2. The van der Waals surface area contributed by atoms with Crippen molar-refractivity contribution in [2.24, 2.45) is 12.8 Å². The molecule has 0 aromatic carbocycles. The molecule has 80 valence electrons. The fourth-order valence-electron chi connectivity index (χ4n) is 1.10. The first-order valence-electron chi connectivity index (χ1n) is 3.80. The molecule has 0 aliphatic rings. The van der Waals surface area contributed by atoms with Crippen LogP contribution in [0.4, 0.5) is 13.2 Å². The molecule has 1 aromatic heterocycles. The number of nitrogens with two attached hydrogens (primary N) is 1. The summed E-state index contributed by atoms with van der Waals surface area (Å²) in [6.07, 6.45) is -2.36. The van der Waals surface area contributed by atoms with Gasteiger partial charge in [-0.2, -0.15) is 13.2 Å². The van der Waals surface area contributed by atoms with Gasteiger partial charge in [-0.1, -0.05) is 0 Å². The van der Waals surface area contributed by atoms with Crippen LogP contribution in [0.5, 0.6) is 0 Å². The number of nitrogens with zero attached hydrogens (tertiary/aromatic N) is 2. The van der Waals surface area contributed by atoms with Crippen molar-refractivity contribution in [3.63, 3.8) is 0 Å². The van der Waals surface area contributed by atoms with Crippen LogP contribution >= 0.6 is 0 Å². The highest BCUT2D eigenvalue weighted by Crippen LogP contribution is 2.36. The molecule has 0 unspecified atom stereocenters. The van der Waals surface area contributed by atoms with Crippen LogP contribution in [0, 0.1) is 0 Å². The molecule has 14 heavy (non-hydrogen) atoms. The number of aryl methyl sites for hydroxylation is 1. The molecule has 0 aliphatic carbocycles. The van der Waals surface area contributed by atoms with Gasteiger partial charge in [0.15, 0.2) is 5.82 Å². The van der Waals surface area contributed by atoms with Crippen LogP contribution in [0.1, 0.15) is 5.82 Å². The molecule has 0 bridgehead atoms. The molecule has 0 spiro atoms. The van der Waals surface area contributed by atoms with Crippen LogP contribution in [-0.4, -0.2) is 27.4 Å². The summed E-state index contributed by atoms with van der Waals surface area (Å²) in [5.74, 6) is -0.507. The van der Waals surface area contributed by atoms with E-state index >= 15 is 0 Å². The van der Waals surface area contributed by atoms with Crippen molar-refractivity contribution in [3.8, 4) is 0 Å². The van der Waals surface area contributed by atoms with Crippen molar-refractivity contribution in [2.45, 2.75) is 11.8 Å². The Morgan fingerprint density at radius 2 is 2.14 bits per heavy atom. The molecule has 1 heterocycles. The smallest absolute Gasteiger partial charge is 0.373 e. The number of imidazole rings is 1. The highest BCUT2D eigenvalue weighted by atomic mass is 19.4. The monoisotopic (exact) mass is 209 g/mol. The molecule has 0 saturated heterocycles. The number of halogens is 3. The highest BCUT2D eigenvalue weighted by molar-refractivity contribution is 5.08. The van der Waals surface area contributed by atoms with Crippen molar-refractivity contribution in [1.82, 2.24) is 9.55 Å². The third-order valence-corrected chi connectivity index (χ3v) is 1.96. The fourth-order valence-corrected chi connectivity index (χ4v) is 1.10. The lowest BCUT2D eigenvalue weighted by Crippen LogP contribution is -2.50. The van der Waals surface area contributed by atoms with Gasteiger partial charge in [0.25, 0.3) is 0 Å². The van der Waals surface area contributed by atoms with Crippen LogP contribution in [-0.2, 0) is 12.6 Å². The van der Waals surface area contributed by atoms with Crippen molar-refractivity contribution >= 4 is 0 Å². The zero-order valence-electron chi connectivity index (χ0n) is 7.41. The number of rotatable bonds is 2. The summed E-state index contributed by atoms with van der Waals surface area (Å²) in [6.45, 7) is -0.957. The average molecular weight is 209 g/mol. The highest BCUT2D eigenvalue weighted by Gasteiger charge is 2.56. The lowest BCUT2D eigenvalue weighted by Gasteiger charge is -2.28. The molecule has 0 amide bonds. The molecule has 1 rings (SSSR count). The Labute approximate surface area is 78.2 Å². The maximum Gasteiger partial charge on any atom is 0.425 e. The summed E-state index contributed by atoms with van der Waals surface area (Å²) >= 11 is 0. The molecular weight excluding hydrogens is 199 g/mol. The third kappa shape index (κ3) is 1.48. The summed E-state index contributed by atoms with van der Waals surface area (Å²) in [6, 6.07) is 0. The molecule has 0 radical (unpaired) electrons. The molecule has 0 saturated carbocycles. The van der Waals surface area contributed by atoms with Crippen LogP contribution in [0.2, 0.25) is 0 Å². The third-order valence-electron chi connectivity index (χ3n) is 1.96. The van der Waals surface area contributed by atoms with Crippen molar-refractivity contribution in [3.05, 3.63) is 18.2 Å². The van der Waals surface area contributed by atoms with Gasteiger partial charge in [-0.15, -0.1) is 0 Å². The van der Waals surface area contributed by atoms with Gasteiger partial charge in [0, 0.05) is 26.0 Å². The van der Waals surface area contributed by atoms with E-state index in [4.69, 9.17) is 5.73 Å². The van der Waals surface area contributed by atoms with E-state index in [-0.39, 0.29) is 0 Å².